The summed E-state index contributed by atoms with van der Waals surface area (Å²) >= 11 is 0. The average Bonchev–Trinajstić information content (AvgIpc) is 3.23. The molecular weight excluding hydrogens is 420 g/mol. The SMILES string of the molecule is Cc1ccc(-c2nc3c(c(=O)[nH]2)CCN(Cc2c(-c4ccccc4)[nH]c4ccccc24)C3)cc1. The van der Waals surface area contributed by atoms with Crippen LogP contribution in [0.15, 0.2) is 83.7 Å². The van der Waals surface area contributed by atoms with Gasteiger partial charge in [0.05, 0.1) is 11.4 Å². The summed E-state index contributed by atoms with van der Waals surface area (Å²) in [5.41, 5.74) is 8.57. The monoisotopic (exact) mass is 446 g/mol. The highest BCUT2D eigenvalue weighted by molar-refractivity contribution is 5.90. The van der Waals surface area contributed by atoms with Crippen LogP contribution in [-0.2, 0) is 19.5 Å². The van der Waals surface area contributed by atoms with E-state index < -0.39 is 0 Å². The minimum Gasteiger partial charge on any atom is -0.354 e. The summed E-state index contributed by atoms with van der Waals surface area (Å²) in [4.78, 5) is 26.8. The number of nitrogens with zero attached hydrogens (tertiary/aromatic N) is 2. The second kappa shape index (κ2) is 8.43. The van der Waals surface area contributed by atoms with Gasteiger partial charge in [0, 0.05) is 41.7 Å². The van der Waals surface area contributed by atoms with Crippen LogP contribution >= 0.6 is 0 Å². The van der Waals surface area contributed by atoms with Crippen molar-refractivity contribution in [1.29, 1.82) is 0 Å². The average molecular weight is 447 g/mol. The molecule has 0 saturated heterocycles. The topological polar surface area (TPSA) is 64.8 Å². The zero-order chi connectivity index (χ0) is 23.1. The van der Waals surface area contributed by atoms with E-state index in [1.54, 1.807) is 0 Å². The van der Waals surface area contributed by atoms with Crippen LogP contribution in [0.5, 0.6) is 0 Å². The molecule has 3 aromatic carbocycles. The van der Waals surface area contributed by atoms with Gasteiger partial charge in [0.2, 0.25) is 0 Å². The fourth-order valence-corrected chi connectivity index (χ4v) is 4.92. The van der Waals surface area contributed by atoms with E-state index in [1.165, 1.54) is 22.1 Å². The Bertz CT molecular complexity index is 1530. The molecule has 0 aliphatic carbocycles. The quantitative estimate of drug-likeness (QED) is 0.386. The minimum atomic E-state index is -0.0164. The molecule has 3 heterocycles. The lowest BCUT2D eigenvalue weighted by atomic mass is 10.0. The Kier molecular flexibility index (Phi) is 5.12. The number of para-hydroxylation sites is 1. The second-order valence-corrected chi connectivity index (χ2v) is 9.06. The Hall–Kier alpha value is -3.96. The van der Waals surface area contributed by atoms with Gasteiger partial charge in [-0.3, -0.25) is 9.69 Å². The molecule has 1 aliphatic heterocycles. The van der Waals surface area contributed by atoms with Crippen LogP contribution in [0.3, 0.4) is 0 Å². The Morgan fingerprint density at radius 2 is 1.65 bits per heavy atom. The summed E-state index contributed by atoms with van der Waals surface area (Å²) in [6.07, 6.45) is 0.703. The van der Waals surface area contributed by atoms with Crippen LogP contribution in [0.4, 0.5) is 0 Å². The Labute approximate surface area is 198 Å². The summed E-state index contributed by atoms with van der Waals surface area (Å²) in [6.45, 7) is 4.34. The number of fused-ring (bicyclic) bond motifs is 2. The van der Waals surface area contributed by atoms with Crippen molar-refractivity contribution in [2.45, 2.75) is 26.4 Å². The van der Waals surface area contributed by atoms with Crippen molar-refractivity contribution >= 4 is 10.9 Å². The molecule has 0 amide bonds. The first-order valence-electron chi connectivity index (χ1n) is 11.7. The summed E-state index contributed by atoms with van der Waals surface area (Å²) in [7, 11) is 0. The van der Waals surface area contributed by atoms with Crippen LogP contribution in [0.1, 0.15) is 22.4 Å². The van der Waals surface area contributed by atoms with Gasteiger partial charge in [-0.15, -0.1) is 0 Å². The fraction of sp³-hybridized carbons (Fsp3) is 0.172. The molecule has 5 aromatic rings. The lowest BCUT2D eigenvalue weighted by molar-refractivity contribution is 0.242. The lowest BCUT2D eigenvalue weighted by Crippen LogP contribution is -2.35. The van der Waals surface area contributed by atoms with E-state index in [1.807, 2.05) is 30.3 Å². The summed E-state index contributed by atoms with van der Waals surface area (Å²) in [5, 5.41) is 1.24. The fourth-order valence-electron chi connectivity index (χ4n) is 4.92. The number of hydrogen-bond acceptors (Lipinski definition) is 3. The summed E-state index contributed by atoms with van der Waals surface area (Å²) < 4.78 is 0. The number of nitrogens with one attached hydrogen (secondary N) is 2. The number of aromatic amines is 2. The first-order chi connectivity index (χ1) is 16.7. The Morgan fingerprint density at radius 3 is 2.47 bits per heavy atom. The van der Waals surface area contributed by atoms with Gasteiger partial charge in [-0.05, 0) is 30.5 Å². The molecule has 0 fully saturated rings. The maximum Gasteiger partial charge on any atom is 0.254 e. The van der Waals surface area contributed by atoms with Gasteiger partial charge in [-0.25, -0.2) is 4.98 Å². The van der Waals surface area contributed by atoms with Gasteiger partial charge in [0.1, 0.15) is 5.82 Å². The van der Waals surface area contributed by atoms with Crippen molar-refractivity contribution in [3.63, 3.8) is 0 Å². The molecule has 0 saturated carbocycles. The highest BCUT2D eigenvalue weighted by Crippen LogP contribution is 2.32. The van der Waals surface area contributed by atoms with Crippen LogP contribution in [-0.4, -0.2) is 26.4 Å². The van der Waals surface area contributed by atoms with Crippen LogP contribution in [0.2, 0.25) is 0 Å². The van der Waals surface area contributed by atoms with Gasteiger partial charge in [-0.2, -0.15) is 0 Å². The van der Waals surface area contributed by atoms with Crippen LogP contribution in [0.25, 0.3) is 33.5 Å². The molecule has 6 rings (SSSR count). The van der Waals surface area contributed by atoms with Gasteiger partial charge in [0.15, 0.2) is 0 Å². The van der Waals surface area contributed by atoms with Crippen molar-refractivity contribution < 1.29 is 0 Å². The maximum absolute atomic E-state index is 12.8. The van der Waals surface area contributed by atoms with E-state index in [2.05, 4.69) is 70.3 Å². The molecule has 5 heteroatoms. The molecule has 0 bridgehead atoms. The van der Waals surface area contributed by atoms with E-state index in [0.29, 0.717) is 18.8 Å². The third-order valence-corrected chi connectivity index (χ3v) is 6.74. The van der Waals surface area contributed by atoms with Gasteiger partial charge >= 0.3 is 0 Å². The van der Waals surface area contributed by atoms with E-state index in [9.17, 15) is 4.79 Å². The number of aryl methyl sites for hydroxylation is 1. The number of rotatable bonds is 4. The number of hydrogen-bond donors (Lipinski definition) is 2. The summed E-state index contributed by atoms with van der Waals surface area (Å²) in [6, 6.07) is 27.1. The molecule has 1 aliphatic rings. The predicted molar refractivity (Wildman–Crippen MR) is 137 cm³/mol. The van der Waals surface area contributed by atoms with Crippen molar-refractivity contribution in [3.8, 4) is 22.6 Å². The van der Waals surface area contributed by atoms with Crippen molar-refractivity contribution in [2.75, 3.05) is 6.54 Å². The number of H-pyrrole nitrogens is 2. The Balaban J connectivity index is 1.35. The maximum atomic E-state index is 12.8. The van der Waals surface area contributed by atoms with Crippen LogP contribution in [0, 0.1) is 6.92 Å². The summed E-state index contributed by atoms with van der Waals surface area (Å²) in [5.74, 6) is 0.641. The zero-order valence-electron chi connectivity index (χ0n) is 19.1. The van der Waals surface area contributed by atoms with E-state index in [0.717, 1.165) is 41.1 Å². The van der Waals surface area contributed by atoms with Gasteiger partial charge in [-0.1, -0.05) is 78.4 Å². The van der Waals surface area contributed by atoms with Crippen molar-refractivity contribution in [2.24, 2.45) is 0 Å². The molecule has 0 unspecified atom stereocenters. The van der Waals surface area contributed by atoms with Gasteiger partial charge in [0.25, 0.3) is 5.56 Å². The van der Waals surface area contributed by atoms with Gasteiger partial charge < -0.3 is 9.97 Å². The molecule has 5 nitrogen and oxygen atoms in total. The molecule has 0 atom stereocenters. The lowest BCUT2D eigenvalue weighted by Gasteiger charge is -2.28. The normalized spacial score (nSPS) is 13.8. The molecule has 34 heavy (non-hydrogen) atoms. The first kappa shape index (κ1) is 20.6. The van der Waals surface area contributed by atoms with Crippen LogP contribution < -0.4 is 5.56 Å². The molecule has 0 spiro atoms. The standard InChI is InChI=1S/C29H26N4O/c1-19-11-13-21(14-12-19)28-31-26-18-33(16-15-23(26)29(34)32-28)17-24-22-9-5-6-10-25(22)30-27(24)20-7-3-2-4-8-20/h2-14,30H,15-18H2,1H3,(H,31,32,34). The van der Waals surface area contributed by atoms with E-state index >= 15 is 0 Å². The highest BCUT2D eigenvalue weighted by Gasteiger charge is 2.24. The van der Waals surface area contributed by atoms with Crippen molar-refractivity contribution in [1.82, 2.24) is 19.9 Å². The largest absolute Gasteiger partial charge is 0.354 e. The highest BCUT2D eigenvalue weighted by atomic mass is 16.1. The molecule has 0 radical (unpaired) electrons. The molecule has 2 N–H and O–H groups in total. The second-order valence-electron chi connectivity index (χ2n) is 9.06. The van der Waals surface area contributed by atoms with E-state index in [4.69, 9.17) is 4.98 Å². The third-order valence-electron chi connectivity index (χ3n) is 6.74. The predicted octanol–water partition coefficient (Wildman–Crippen LogP) is 5.45. The first-order valence-corrected chi connectivity index (χ1v) is 11.7. The number of benzene rings is 3. The van der Waals surface area contributed by atoms with Crippen molar-refractivity contribution in [3.05, 3.63) is 112 Å². The molecular formula is C29H26N4O. The molecule has 168 valence electrons. The number of aromatic nitrogens is 3. The molecule has 2 aromatic heterocycles. The minimum absolute atomic E-state index is 0.0164. The smallest absolute Gasteiger partial charge is 0.254 e. The zero-order valence-corrected chi connectivity index (χ0v) is 19.1. The Morgan fingerprint density at radius 1 is 0.882 bits per heavy atom. The van der Waals surface area contributed by atoms with E-state index in [-0.39, 0.29) is 5.56 Å². The third kappa shape index (κ3) is 3.74.